The van der Waals surface area contributed by atoms with Gasteiger partial charge in [0.25, 0.3) is 0 Å². The van der Waals surface area contributed by atoms with Crippen LogP contribution in [0.1, 0.15) is 0 Å². The maximum absolute atomic E-state index is 11.8. The van der Waals surface area contributed by atoms with Crippen LogP contribution in [-0.2, 0) is 33.2 Å². The van der Waals surface area contributed by atoms with E-state index in [0.717, 1.165) is 6.07 Å². The van der Waals surface area contributed by atoms with Crippen molar-refractivity contribution < 1.29 is 90.5 Å². The predicted octanol–water partition coefficient (Wildman–Crippen LogP) is -1.82. The first-order valence-electron chi connectivity index (χ1n) is 8.80. The van der Waals surface area contributed by atoms with E-state index in [4.69, 9.17) is 0 Å². The van der Waals surface area contributed by atoms with Crippen molar-refractivity contribution in [2.24, 2.45) is 10.2 Å². The minimum atomic E-state index is -2.83. The van der Waals surface area contributed by atoms with Gasteiger partial charge in [0.05, 0.1) is 10.6 Å². The molecule has 14 heteroatoms. The Morgan fingerprint density at radius 1 is 0.765 bits per heavy atom. The molecule has 3 atom stereocenters. The Morgan fingerprint density at radius 2 is 1.44 bits per heavy atom. The molecule has 0 aliphatic rings. The number of fused-ring (bicyclic) bond motifs is 2. The summed E-state index contributed by atoms with van der Waals surface area (Å²) in [6.07, 6.45) is 0. The molecule has 0 saturated carbocycles. The predicted molar refractivity (Wildman–Crippen MR) is 117 cm³/mol. The van der Waals surface area contributed by atoms with Crippen molar-refractivity contribution in [3.05, 3.63) is 60.7 Å². The maximum Gasteiger partial charge on any atom is 1.00 e. The zero-order valence-corrected chi connectivity index (χ0v) is 24.3. The Balaban J connectivity index is 0.00000204. The summed E-state index contributed by atoms with van der Waals surface area (Å²) in [5, 5.41) is 19.8. The normalized spacial score (nSPS) is 13.9. The van der Waals surface area contributed by atoms with Crippen molar-refractivity contribution in [1.29, 1.82) is 0 Å². The van der Waals surface area contributed by atoms with Gasteiger partial charge in [0.2, 0.25) is 0 Å². The first kappa shape index (κ1) is 29.4. The van der Waals surface area contributed by atoms with E-state index >= 15 is 0 Å². The molecule has 0 fully saturated rings. The van der Waals surface area contributed by atoms with Gasteiger partial charge in [0.15, 0.2) is 11.1 Å². The number of phenols is 1. The number of phenolic OH excluding ortho intramolecular Hbond substituents is 1. The number of aromatic hydroxyl groups is 1. The van der Waals surface area contributed by atoms with Crippen molar-refractivity contribution in [2.75, 3.05) is 0 Å². The molecule has 0 radical (unpaired) electrons. The van der Waals surface area contributed by atoms with Gasteiger partial charge in [-0.25, -0.2) is 4.21 Å². The summed E-state index contributed by atoms with van der Waals surface area (Å²) in [5.74, 6) is -0.360. The van der Waals surface area contributed by atoms with E-state index in [-0.39, 0.29) is 96.0 Å². The SMILES string of the molecule is O=S([O-])c1cc(S(=O)[O-])c2c(N=Nc3ccc(S(=O)O)c4ccccc34)c(O)ccc2c1.[Na+].[Na+]. The monoisotopic (exact) mass is 534 g/mol. The van der Waals surface area contributed by atoms with E-state index in [0.29, 0.717) is 16.5 Å². The molecular weight excluding hydrogens is 522 g/mol. The minimum absolute atomic E-state index is 0. The zero-order chi connectivity index (χ0) is 23.0. The Bertz CT molecular complexity index is 1500. The van der Waals surface area contributed by atoms with Gasteiger partial charge in [-0.15, -0.1) is 10.2 Å². The largest absolute Gasteiger partial charge is 1.00 e. The van der Waals surface area contributed by atoms with Gasteiger partial charge in [-0.2, -0.15) is 0 Å². The molecule has 0 aromatic heterocycles. The quantitative estimate of drug-likeness (QED) is 0.173. The molecule has 0 aliphatic heterocycles. The summed E-state index contributed by atoms with van der Waals surface area (Å²) in [5.41, 5.74) is 0.150. The van der Waals surface area contributed by atoms with Crippen LogP contribution < -0.4 is 59.1 Å². The van der Waals surface area contributed by atoms with Crippen LogP contribution in [0, 0.1) is 0 Å². The van der Waals surface area contributed by atoms with Crippen molar-refractivity contribution in [3.63, 3.8) is 0 Å². The van der Waals surface area contributed by atoms with E-state index < -0.39 is 33.2 Å². The number of nitrogens with zero attached hydrogens (tertiary/aromatic N) is 2. The van der Waals surface area contributed by atoms with E-state index in [1.165, 1.54) is 30.3 Å². The van der Waals surface area contributed by atoms with Gasteiger partial charge < -0.3 is 18.8 Å². The Hall–Kier alpha value is -0.870. The Kier molecular flexibility index (Phi) is 10.7. The molecular formula is C20H12N2Na2O7S3. The fourth-order valence-electron chi connectivity index (χ4n) is 3.30. The minimum Gasteiger partial charge on any atom is -0.768 e. The molecule has 0 heterocycles. The number of benzene rings is 4. The summed E-state index contributed by atoms with van der Waals surface area (Å²) in [6.45, 7) is 0. The van der Waals surface area contributed by atoms with Crippen LogP contribution in [0.25, 0.3) is 21.5 Å². The molecule has 4 aromatic carbocycles. The Labute approximate surface area is 245 Å². The van der Waals surface area contributed by atoms with Crippen LogP contribution in [-0.4, -0.2) is 31.4 Å². The number of azo groups is 1. The van der Waals surface area contributed by atoms with Gasteiger partial charge >= 0.3 is 59.1 Å². The van der Waals surface area contributed by atoms with Gasteiger partial charge in [0.1, 0.15) is 11.4 Å². The third kappa shape index (κ3) is 5.91. The second-order valence-corrected chi connectivity index (χ2v) is 9.29. The second kappa shape index (κ2) is 12.4. The molecule has 0 bridgehead atoms. The second-order valence-electron chi connectivity index (χ2n) is 6.50. The van der Waals surface area contributed by atoms with E-state index in [9.17, 15) is 31.4 Å². The molecule has 4 aromatic rings. The fourth-order valence-corrected chi connectivity index (χ4v) is 4.97. The number of hydrogen-bond donors (Lipinski definition) is 2. The van der Waals surface area contributed by atoms with Crippen molar-refractivity contribution in [3.8, 4) is 5.75 Å². The first-order valence-corrected chi connectivity index (χ1v) is 12.1. The average Bonchev–Trinajstić information content (AvgIpc) is 2.77. The third-order valence-electron chi connectivity index (χ3n) is 4.69. The summed E-state index contributed by atoms with van der Waals surface area (Å²) < 4.78 is 67.4. The third-order valence-corrected chi connectivity index (χ3v) is 6.72. The Morgan fingerprint density at radius 3 is 2.06 bits per heavy atom. The molecule has 9 nitrogen and oxygen atoms in total. The molecule has 164 valence electrons. The molecule has 3 unspecified atom stereocenters. The van der Waals surface area contributed by atoms with Gasteiger partial charge in [-0.05, 0) is 57.9 Å². The van der Waals surface area contributed by atoms with Gasteiger partial charge in [-0.1, -0.05) is 30.3 Å². The average molecular weight is 535 g/mol. The van der Waals surface area contributed by atoms with E-state index in [1.807, 2.05) is 0 Å². The van der Waals surface area contributed by atoms with E-state index in [1.54, 1.807) is 24.3 Å². The van der Waals surface area contributed by atoms with Crippen LogP contribution in [0.2, 0.25) is 0 Å². The fraction of sp³-hybridized carbons (Fsp3) is 0. The summed E-state index contributed by atoms with van der Waals surface area (Å²) >= 11 is -7.71. The molecule has 0 amide bonds. The zero-order valence-electron chi connectivity index (χ0n) is 17.8. The summed E-state index contributed by atoms with van der Waals surface area (Å²) in [6, 6.07) is 14.5. The molecule has 4 rings (SSSR count). The molecule has 2 N–H and O–H groups in total. The van der Waals surface area contributed by atoms with Crippen LogP contribution in [0.5, 0.6) is 5.75 Å². The molecule has 0 aliphatic carbocycles. The molecule has 0 spiro atoms. The van der Waals surface area contributed by atoms with Gasteiger partial charge in [0, 0.05) is 25.9 Å². The number of rotatable bonds is 5. The summed E-state index contributed by atoms with van der Waals surface area (Å²) in [7, 11) is 0. The van der Waals surface area contributed by atoms with Crippen LogP contribution >= 0.6 is 0 Å². The molecule has 34 heavy (non-hydrogen) atoms. The number of hydrogen-bond acceptors (Lipinski definition) is 8. The smallest absolute Gasteiger partial charge is 0.768 e. The topological polar surface area (TPSA) is 163 Å². The van der Waals surface area contributed by atoms with Crippen LogP contribution in [0.4, 0.5) is 11.4 Å². The van der Waals surface area contributed by atoms with E-state index in [2.05, 4.69) is 10.2 Å². The van der Waals surface area contributed by atoms with Gasteiger partial charge in [-0.3, -0.25) is 8.42 Å². The van der Waals surface area contributed by atoms with Crippen LogP contribution in [0.15, 0.2) is 85.6 Å². The maximum atomic E-state index is 11.8. The van der Waals surface area contributed by atoms with Crippen molar-refractivity contribution >= 4 is 66.2 Å². The first-order chi connectivity index (χ1) is 15.3. The van der Waals surface area contributed by atoms with Crippen LogP contribution in [0.3, 0.4) is 0 Å². The van der Waals surface area contributed by atoms with Crippen molar-refractivity contribution in [2.45, 2.75) is 14.7 Å². The molecule has 0 saturated heterocycles. The van der Waals surface area contributed by atoms with Crippen molar-refractivity contribution in [1.82, 2.24) is 0 Å². The summed E-state index contributed by atoms with van der Waals surface area (Å²) in [4.78, 5) is -0.402. The standard InChI is InChI=1S/C20H14N2O7S3.2Na/c23-16-7-5-11-9-12(30(24)25)10-18(32(28)29)19(11)20(16)22-21-15-6-8-17(31(26)27)14-4-2-1-3-13(14)15;;/h1-10,23H,(H,24,25)(H,26,27)(H,28,29);;/q;2*+1/p-2.